The van der Waals surface area contributed by atoms with Gasteiger partial charge in [-0.2, -0.15) is 0 Å². The second kappa shape index (κ2) is 7.11. The molecule has 0 heteroatoms. The van der Waals surface area contributed by atoms with Crippen molar-refractivity contribution in [3.05, 3.63) is 95.6 Å². The number of benzene rings is 3. The van der Waals surface area contributed by atoms with Crippen LogP contribution in [0.15, 0.2) is 78.9 Å². The molecule has 0 saturated heterocycles. The number of fused-ring (bicyclic) bond motifs is 3. The zero-order valence-electron chi connectivity index (χ0n) is 14.8. The molecule has 0 bridgehead atoms. The van der Waals surface area contributed by atoms with Crippen LogP contribution in [-0.2, 0) is 6.42 Å². The third-order valence-electron chi connectivity index (χ3n) is 5.08. The number of rotatable bonds is 4. The molecule has 0 radical (unpaired) electrons. The SMILES string of the molecule is CCC/C(=C\C1=CCCc2ccc3ccccc3c21)c1ccccc1. The molecule has 3 aromatic rings. The van der Waals surface area contributed by atoms with E-state index in [1.165, 1.54) is 38.6 Å². The Morgan fingerprint density at radius 3 is 2.56 bits per heavy atom. The fourth-order valence-electron chi connectivity index (χ4n) is 3.89. The summed E-state index contributed by atoms with van der Waals surface area (Å²) in [5.74, 6) is 0. The van der Waals surface area contributed by atoms with Crippen LogP contribution < -0.4 is 0 Å². The van der Waals surface area contributed by atoms with Gasteiger partial charge < -0.3 is 0 Å². The summed E-state index contributed by atoms with van der Waals surface area (Å²) in [6.07, 6.45) is 9.41. The predicted molar refractivity (Wildman–Crippen MR) is 110 cm³/mol. The summed E-state index contributed by atoms with van der Waals surface area (Å²) in [7, 11) is 0. The lowest BCUT2D eigenvalue weighted by molar-refractivity contribution is 0.969. The molecule has 124 valence electrons. The van der Waals surface area contributed by atoms with Gasteiger partial charge in [0.15, 0.2) is 0 Å². The standard InChI is InChI=1S/C25H24/c1-2-9-22(19-10-4-3-5-11-19)18-23-14-8-13-21-17-16-20-12-6-7-15-24(20)25(21)23/h3-7,10-12,14-18H,2,8-9,13H2,1H3/b22-18+. The average Bonchev–Trinajstić information content (AvgIpc) is 2.68. The normalized spacial score (nSPS) is 14.3. The Morgan fingerprint density at radius 2 is 1.72 bits per heavy atom. The van der Waals surface area contributed by atoms with Crippen LogP contribution in [0, 0.1) is 0 Å². The monoisotopic (exact) mass is 324 g/mol. The molecule has 0 aromatic heterocycles. The van der Waals surface area contributed by atoms with E-state index in [0.29, 0.717) is 0 Å². The summed E-state index contributed by atoms with van der Waals surface area (Å²) >= 11 is 0. The molecule has 0 heterocycles. The molecule has 0 fully saturated rings. The van der Waals surface area contributed by atoms with Crippen LogP contribution in [0.25, 0.3) is 21.9 Å². The van der Waals surface area contributed by atoms with Crippen molar-refractivity contribution in [2.24, 2.45) is 0 Å². The zero-order chi connectivity index (χ0) is 17.1. The second-order valence-electron chi connectivity index (χ2n) is 6.80. The van der Waals surface area contributed by atoms with Gasteiger partial charge in [0.25, 0.3) is 0 Å². The molecular weight excluding hydrogens is 300 g/mol. The Labute approximate surface area is 150 Å². The molecule has 0 spiro atoms. The molecule has 0 unspecified atom stereocenters. The van der Waals surface area contributed by atoms with Crippen LogP contribution in [-0.4, -0.2) is 0 Å². The Hall–Kier alpha value is -2.60. The van der Waals surface area contributed by atoms with Crippen molar-refractivity contribution in [1.82, 2.24) is 0 Å². The van der Waals surface area contributed by atoms with Crippen molar-refractivity contribution in [2.75, 3.05) is 0 Å². The highest BCUT2D eigenvalue weighted by Crippen LogP contribution is 2.36. The summed E-state index contributed by atoms with van der Waals surface area (Å²) in [5.41, 5.74) is 7.10. The van der Waals surface area contributed by atoms with Crippen molar-refractivity contribution in [3.8, 4) is 0 Å². The van der Waals surface area contributed by atoms with Crippen LogP contribution in [0.5, 0.6) is 0 Å². The Balaban J connectivity index is 1.87. The third kappa shape index (κ3) is 3.17. The highest BCUT2D eigenvalue weighted by molar-refractivity contribution is 5.99. The third-order valence-corrected chi connectivity index (χ3v) is 5.08. The van der Waals surface area contributed by atoms with Gasteiger partial charge in [-0.15, -0.1) is 0 Å². The topological polar surface area (TPSA) is 0 Å². The largest absolute Gasteiger partial charge is 0.0763 e. The van der Waals surface area contributed by atoms with Crippen LogP contribution in [0.4, 0.5) is 0 Å². The first-order chi connectivity index (χ1) is 12.4. The summed E-state index contributed by atoms with van der Waals surface area (Å²) < 4.78 is 0. The number of allylic oxidation sites excluding steroid dienone is 4. The van der Waals surface area contributed by atoms with Gasteiger partial charge in [0.2, 0.25) is 0 Å². The molecule has 0 atom stereocenters. The summed E-state index contributed by atoms with van der Waals surface area (Å²) in [6, 6.07) is 24.2. The quantitative estimate of drug-likeness (QED) is 0.482. The van der Waals surface area contributed by atoms with Gasteiger partial charge >= 0.3 is 0 Å². The van der Waals surface area contributed by atoms with E-state index in [2.05, 4.69) is 85.8 Å². The lowest BCUT2D eigenvalue weighted by atomic mass is 9.85. The molecule has 0 nitrogen and oxygen atoms in total. The molecule has 0 aliphatic heterocycles. The van der Waals surface area contributed by atoms with E-state index in [1.807, 2.05) is 0 Å². The molecule has 3 aromatic carbocycles. The van der Waals surface area contributed by atoms with Crippen LogP contribution in [0.3, 0.4) is 0 Å². The van der Waals surface area contributed by atoms with Gasteiger partial charge in [0.1, 0.15) is 0 Å². The maximum atomic E-state index is 2.43. The van der Waals surface area contributed by atoms with E-state index in [-0.39, 0.29) is 0 Å². The first kappa shape index (κ1) is 15.9. The van der Waals surface area contributed by atoms with Gasteiger partial charge in [0, 0.05) is 0 Å². The minimum absolute atomic E-state index is 1.11. The smallest absolute Gasteiger partial charge is 0.00763 e. The molecular formula is C25H24. The van der Waals surface area contributed by atoms with Crippen molar-refractivity contribution in [2.45, 2.75) is 32.6 Å². The van der Waals surface area contributed by atoms with Crippen molar-refractivity contribution in [1.29, 1.82) is 0 Å². The van der Waals surface area contributed by atoms with Crippen molar-refractivity contribution >= 4 is 21.9 Å². The predicted octanol–water partition coefficient (Wildman–Crippen LogP) is 7.05. The van der Waals surface area contributed by atoms with E-state index in [0.717, 1.165) is 25.7 Å². The minimum Gasteiger partial charge on any atom is -0.0763 e. The van der Waals surface area contributed by atoms with E-state index in [1.54, 1.807) is 0 Å². The van der Waals surface area contributed by atoms with Crippen LogP contribution in [0.1, 0.15) is 42.9 Å². The maximum absolute atomic E-state index is 2.43. The first-order valence-electron chi connectivity index (χ1n) is 9.34. The second-order valence-corrected chi connectivity index (χ2v) is 6.80. The molecule has 0 N–H and O–H groups in total. The molecule has 1 aliphatic carbocycles. The summed E-state index contributed by atoms with van der Waals surface area (Å²) in [6.45, 7) is 2.26. The van der Waals surface area contributed by atoms with Gasteiger partial charge in [-0.1, -0.05) is 92.2 Å². The van der Waals surface area contributed by atoms with Crippen LogP contribution >= 0.6 is 0 Å². The van der Waals surface area contributed by atoms with Gasteiger partial charge in [-0.25, -0.2) is 0 Å². The number of hydrogen-bond donors (Lipinski definition) is 0. The maximum Gasteiger partial charge on any atom is -0.00763 e. The highest BCUT2D eigenvalue weighted by atomic mass is 14.2. The fourth-order valence-corrected chi connectivity index (χ4v) is 3.89. The van der Waals surface area contributed by atoms with Gasteiger partial charge in [0.05, 0.1) is 0 Å². The average molecular weight is 324 g/mol. The lowest BCUT2D eigenvalue weighted by Crippen LogP contribution is -2.00. The van der Waals surface area contributed by atoms with E-state index < -0.39 is 0 Å². The van der Waals surface area contributed by atoms with Gasteiger partial charge in [-0.05, 0) is 57.9 Å². The van der Waals surface area contributed by atoms with E-state index in [9.17, 15) is 0 Å². The van der Waals surface area contributed by atoms with E-state index >= 15 is 0 Å². The molecule has 4 rings (SSSR count). The number of aryl methyl sites for hydroxylation is 1. The van der Waals surface area contributed by atoms with Crippen molar-refractivity contribution < 1.29 is 0 Å². The Morgan fingerprint density at radius 1 is 0.920 bits per heavy atom. The van der Waals surface area contributed by atoms with E-state index in [4.69, 9.17) is 0 Å². The lowest BCUT2D eigenvalue weighted by Gasteiger charge is -2.19. The zero-order valence-corrected chi connectivity index (χ0v) is 14.8. The summed E-state index contributed by atoms with van der Waals surface area (Å²) in [5, 5.41) is 2.71. The first-order valence-corrected chi connectivity index (χ1v) is 9.34. The highest BCUT2D eigenvalue weighted by Gasteiger charge is 2.15. The fraction of sp³-hybridized carbons (Fsp3) is 0.200. The molecule has 1 aliphatic rings. The van der Waals surface area contributed by atoms with Crippen LogP contribution in [0.2, 0.25) is 0 Å². The van der Waals surface area contributed by atoms with Crippen molar-refractivity contribution in [3.63, 3.8) is 0 Å². The minimum atomic E-state index is 1.11. The Bertz CT molecular complexity index is 942. The molecule has 25 heavy (non-hydrogen) atoms. The molecule has 0 saturated carbocycles. The molecule has 0 amide bonds. The van der Waals surface area contributed by atoms with Gasteiger partial charge in [-0.3, -0.25) is 0 Å². The Kier molecular flexibility index (Phi) is 4.52. The summed E-state index contributed by atoms with van der Waals surface area (Å²) in [4.78, 5) is 0. The number of hydrogen-bond acceptors (Lipinski definition) is 0.